The van der Waals surface area contributed by atoms with Crippen molar-refractivity contribution >= 4 is 43.2 Å². The molecule has 0 aliphatic rings. The number of aromatic nitrogens is 2. The molecule has 20 heavy (non-hydrogen) atoms. The van der Waals surface area contributed by atoms with E-state index in [4.69, 9.17) is 16.7 Å². The fraction of sp³-hybridized carbons (Fsp3) is 0.100. The first-order valence-electron chi connectivity index (χ1n) is 5.15. The summed E-state index contributed by atoms with van der Waals surface area (Å²) in [5.74, 6) is -0.609. The molecule has 0 atom stereocenters. The van der Waals surface area contributed by atoms with Crippen LogP contribution < -0.4 is 4.72 Å². The average molecular weight is 385 g/mol. The number of benzene rings is 1. The highest BCUT2D eigenvalue weighted by Gasteiger charge is 2.23. The third-order valence-corrected chi connectivity index (χ3v) is 4.65. The molecule has 3 N–H and O–H groups in total. The van der Waals surface area contributed by atoms with Crippen LogP contribution in [-0.2, 0) is 16.6 Å². The van der Waals surface area contributed by atoms with Crippen molar-refractivity contribution in [2.75, 3.05) is 4.72 Å². The van der Waals surface area contributed by atoms with Crippen LogP contribution in [-0.4, -0.2) is 23.7 Å². The zero-order chi connectivity index (χ0) is 14.9. The van der Waals surface area contributed by atoms with E-state index in [1.165, 1.54) is 6.20 Å². The van der Waals surface area contributed by atoms with Crippen molar-refractivity contribution in [3.05, 3.63) is 39.2 Å². The van der Waals surface area contributed by atoms with E-state index in [-0.39, 0.29) is 25.8 Å². The summed E-state index contributed by atoms with van der Waals surface area (Å²) in [5, 5.41) is 14.5. The second-order valence-electron chi connectivity index (χ2n) is 3.73. The Labute approximate surface area is 127 Å². The molecule has 0 amide bonds. The van der Waals surface area contributed by atoms with E-state index in [9.17, 15) is 12.8 Å². The highest BCUT2D eigenvalue weighted by Crippen LogP contribution is 2.33. The maximum absolute atomic E-state index is 13.1. The molecule has 10 heteroatoms. The van der Waals surface area contributed by atoms with Crippen LogP contribution in [0.2, 0.25) is 5.02 Å². The molecule has 2 aromatic rings. The number of sulfonamides is 1. The van der Waals surface area contributed by atoms with Crippen LogP contribution in [0.25, 0.3) is 0 Å². The molecule has 1 heterocycles. The number of hydrogen-bond donors (Lipinski definition) is 3. The van der Waals surface area contributed by atoms with Gasteiger partial charge in [-0.3, -0.25) is 9.82 Å². The zero-order valence-electron chi connectivity index (χ0n) is 9.69. The number of nitrogens with zero attached hydrogens (tertiary/aromatic N) is 1. The first-order valence-corrected chi connectivity index (χ1v) is 7.81. The van der Waals surface area contributed by atoms with Crippen molar-refractivity contribution in [1.29, 1.82) is 0 Å². The summed E-state index contributed by atoms with van der Waals surface area (Å²) >= 11 is 8.83. The van der Waals surface area contributed by atoms with Gasteiger partial charge in [-0.25, -0.2) is 4.39 Å². The van der Waals surface area contributed by atoms with E-state index >= 15 is 0 Å². The number of aromatic amines is 1. The summed E-state index contributed by atoms with van der Waals surface area (Å²) in [6.45, 7) is -0.495. The average Bonchev–Trinajstić information content (AvgIpc) is 2.83. The highest BCUT2D eigenvalue weighted by atomic mass is 79.9. The van der Waals surface area contributed by atoms with Gasteiger partial charge in [0.2, 0.25) is 0 Å². The minimum atomic E-state index is -4.04. The molecule has 0 aliphatic heterocycles. The van der Waals surface area contributed by atoms with Gasteiger partial charge in [0.05, 0.1) is 23.5 Å². The topological polar surface area (TPSA) is 95.1 Å². The fourth-order valence-electron chi connectivity index (χ4n) is 1.47. The van der Waals surface area contributed by atoms with Crippen LogP contribution in [0, 0.1) is 5.82 Å². The summed E-state index contributed by atoms with van der Waals surface area (Å²) < 4.78 is 39.8. The third-order valence-electron chi connectivity index (χ3n) is 2.36. The lowest BCUT2D eigenvalue weighted by molar-refractivity contribution is 0.278. The van der Waals surface area contributed by atoms with E-state index in [0.29, 0.717) is 0 Å². The summed E-state index contributed by atoms with van der Waals surface area (Å²) in [6.07, 6.45) is 1.19. The van der Waals surface area contributed by atoms with Crippen LogP contribution in [0.1, 0.15) is 5.56 Å². The standard InChI is InChI=1S/C10H8BrClFN3O3S/c11-7-1-6(13)2-8(12)9(7)16-20(18,19)10-5(4-17)3-14-15-10/h1-3,16-17H,4H2,(H,14,15). The number of nitrogens with one attached hydrogen (secondary N) is 2. The lowest BCUT2D eigenvalue weighted by Crippen LogP contribution is -2.16. The molecular weight excluding hydrogens is 377 g/mol. The largest absolute Gasteiger partial charge is 0.392 e. The first-order chi connectivity index (χ1) is 9.35. The molecule has 0 bridgehead atoms. The minimum Gasteiger partial charge on any atom is -0.392 e. The molecule has 0 unspecified atom stereocenters. The minimum absolute atomic E-state index is 0.00782. The van der Waals surface area contributed by atoms with Crippen molar-refractivity contribution in [1.82, 2.24) is 10.2 Å². The van der Waals surface area contributed by atoms with E-state index in [2.05, 4.69) is 30.8 Å². The van der Waals surface area contributed by atoms with Crippen LogP contribution in [0.5, 0.6) is 0 Å². The molecule has 0 fully saturated rings. The Morgan fingerprint density at radius 3 is 2.80 bits per heavy atom. The summed E-state index contributed by atoms with van der Waals surface area (Å²) in [5.41, 5.74) is 0.0958. The maximum atomic E-state index is 13.1. The summed E-state index contributed by atoms with van der Waals surface area (Å²) in [4.78, 5) is 0. The smallest absolute Gasteiger partial charge is 0.279 e. The van der Waals surface area contributed by atoms with Crippen molar-refractivity contribution in [2.45, 2.75) is 11.6 Å². The van der Waals surface area contributed by atoms with Crippen molar-refractivity contribution in [2.24, 2.45) is 0 Å². The Morgan fingerprint density at radius 2 is 2.20 bits per heavy atom. The summed E-state index contributed by atoms with van der Waals surface area (Å²) in [6, 6.07) is 2.05. The number of aliphatic hydroxyl groups excluding tert-OH is 1. The number of aliphatic hydroxyl groups is 1. The molecule has 0 saturated carbocycles. The van der Waals surface area contributed by atoms with E-state index in [1.807, 2.05) is 0 Å². The van der Waals surface area contributed by atoms with Crippen molar-refractivity contribution < 1.29 is 17.9 Å². The first kappa shape index (κ1) is 15.2. The lowest BCUT2D eigenvalue weighted by atomic mass is 10.3. The Morgan fingerprint density at radius 1 is 1.50 bits per heavy atom. The van der Waals surface area contributed by atoms with Crippen LogP contribution in [0.4, 0.5) is 10.1 Å². The molecule has 108 valence electrons. The molecule has 6 nitrogen and oxygen atoms in total. The van der Waals surface area contributed by atoms with Gasteiger partial charge in [-0.2, -0.15) is 13.5 Å². The molecule has 2 rings (SSSR count). The Bertz CT molecular complexity index is 727. The van der Waals surface area contributed by atoms with Gasteiger partial charge in [0.25, 0.3) is 10.0 Å². The Kier molecular flexibility index (Phi) is 4.33. The number of hydrogen-bond acceptors (Lipinski definition) is 4. The number of H-pyrrole nitrogens is 1. The predicted octanol–water partition coefficient (Wildman–Crippen LogP) is 2.26. The monoisotopic (exact) mass is 383 g/mol. The Hall–Kier alpha value is -1.16. The Balaban J connectivity index is 2.44. The molecule has 0 spiro atoms. The van der Waals surface area contributed by atoms with Crippen molar-refractivity contribution in [3.8, 4) is 0 Å². The van der Waals surface area contributed by atoms with Crippen LogP contribution >= 0.6 is 27.5 Å². The van der Waals surface area contributed by atoms with Gasteiger partial charge in [-0.05, 0) is 28.1 Å². The predicted molar refractivity (Wildman–Crippen MR) is 74.4 cm³/mol. The van der Waals surface area contributed by atoms with E-state index in [1.54, 1.807) is 0 Å². The van der Waals surface area contributed by atoms with E-state index < -0.39 is 22.4 Å². The second-order valence-corrected chi connectivity index (χ2v) is 6.61. The number of rotatable bonds is 4. The maximum Gasteiger partial charge on any atom is 0.279 e. The van der Waals surface area contributed by atoms with Crippen LogP contribution in [0.3, 0.4) is 0 Å². The lowest BCUT2D eigenvalue weighted by Gasteiger charge is -2.11. The second kappa shape index (κ2) is 5.68. The quantitative estimate of drug-likeness (QED) is 0.753. The molecular formula is C10H8BrClFN3O3S. The molecule has 0 radical (unpaired) electrons. The van der Waals surface area contributed by atoms with Gasteiger partial charge >= 0.3 is 0 Å². The van der Waals surface area contributed by atoms with Crippen molar-refractivity contribution in [3.63, 3.8) is 0 Å². The van der Waals surface area contributed by atoms with Gasteiger partial charge in [0.15, 0.2) is 5.03 Å². The number of anilines is 1. The molecule has 1 aromatic carbocycles. The molecule has 1 aromatic heterocycles. The zero-order valence-corrected chi connectivity index (χ0v) is 12.9. The third kappa shape index (κ3) is 2.95. The van der Waals surface area contributed by atoms with Crippen LogP contribution in [0.15, 0.2) is 27.8 Å². The van der Waals surface area contributed by atoms with Gasteiger partial charge in [-0.15, -0.1) is 0 Å². The van der Waals surface area contributed by atoms with Gasteiger partial charge in [0.1, 0.15) is 5.82 Å². The molecule has 0 aliphatic carbocycles. The number of halogens is 3. The highest BCUT2D eigenvalue weighted by molar-refractivity contribution is 9.10. The van der Waals surface area contributed by atoms with E-state index in [0.717, 1.165) is 12.1 Å². The van der Waals surface area contributed by atoms with Gasteiger partial charge in [-0.1, -0.05) is 11.6 Å². The summed E-state index contributed by atoms with van der Waals surface area (Å²) in [7, 11) is -4.04. The molecule has 0 saturated heterocycles. The fourth-order valence-corrected chi connectivity index (χ4v) is 3.78. The normalized spacial score (nSPS) is 11.6. The van der Waals surface area contributed by atoms with Gasteiger partial charge in [0, 0.05) is 10.0 Å². The SMILES string of the molecule is O=S(=O)(Nc1c(Cl)cc(F)cc1Br)c1[nH]ncc1CO. The van der Waals surface area contributed by atoms with Gasteiger partial charge < -0.3 is 5.11 Å².